The van der Waals surface area contributed by atoms with Gasteiger partial charge in [-0.1, -0.05) is 30.3 Å². The quantitative estimate of drug-likeness (QED) is 0.460. The molecule has 0 N–H and O–H groups in total. The average molecular weight is 351 g/mol. The molecule has 0 aromatic heterocycles. The number of benzene rings is 2. The first-order chi connectivity index (χ1) is 12.3. The van der Waals surface area contributed by atoms with E-state index in [9.17, 15) is 9.59 Å². The van der Waals surface area contributed by atoms with Crippen molar-refractivity contribution in [3.05, 3.63) is 70.3 Å². The molecule has 4 nitrogen and oxygen atoms in total. The number of amides is 1. The molecule has 26 heavy (non-hydrogen) atoms. The van der Waals surface area contributed by atoms with Crippen LogP contribution in [-0.4, -0.2) is 23.8 Å². The number of rotatable bonds is 5. The van der Waals surface area contributed by atoms with E-state index in [0.29, 0.717) is 12.3 Å². The number of esters is 1. The number of hydrogen-bond donors (Lipinski definition) is 0. The van der Waals surface area contributed by atoms with Crippen molar-refractivity contribution in [1.29, 1.82) is 0 Å². The van der Waals surface area contributed by atoms with Gasteiger partial charge in [0.25, 0.3) is 0 Å². The Labute approximate surface area is 155 Å². The Bertz CT molecular complexity index is 838. The molecule has 1 amide bonds. The van der Waals surface area contributed by atoms with Gasteiger partial charge in [0.1, 0.15) is 5.75 Å². The zero-order valence-electron chi connectivity index (χ0n) is 16.0. The average Bonchev–Trinajstić information content (AvgIpc) is 2.59. The minimum atomic E-state index is -0.380. The van der Waals surface area contributed by atoms with Gasteiger partial charge < -0.3 is 9.64 Å². The van der Waals surface area contributed by atoms with Crippen molar-refractivity contribution in [2.45, 2.75) is 34.2 Å². The lowest BCUT2D eigenvalue weighted by Crippen LogP contribution is -2.24. The Morgan fingerprint density at radius 3 is 2.35 bits per heavy atom. The summed E-state index contributed by atoms with van der Waals surface area (Å²) >= 11 is 0. The Kier molecular flexibility index (Phi) is 6.34. The third-order valence-electron chi connectivity index (χ3n) is 4.46. The Morgan fingerprint density at radius 1 is 1.08 bits per heavy atom. The fraction of sp³-hybridized carbons (Fsp3) is 0.273. The van der Waals surface area contributed by atoms with Gasteiger partial charge >= 0.3 is 5.97 Å². The number of ether oxygens (including phenoxy) is 1. The molecule has 0 unspecified atom stereocenters. The predicted octanol–water partition coefficient (Wildman–Crippen LogP) is 4.21. The summed E-state index contributed by atoms with van der Waals surface area (Å²) in [4.78, 5) is 25.5. The van der Waals surface area contributed by atoms with Crippen LogP contribution in [0.15, 0.2) is 42.5 Å². The second-order valence-electron chi connectivity index (χ2n) is 6.46. The standard InChI is InChI=1S/C22H25NO3/c1-15-13-21(26-18(4)24)20(17(3)16(15)2)11-12-22(25)23(5)14-19-9-7-6-8-10-19/h6-13H,14H2,1-5H3/b12-11-. The van der Waals surface area contributed by atoms with Gasteiger partial charge in [0.15, 0.2) is 0 Å². The number of carbonyl (C=O) groups excluding carboxylic acids is 2. The molecular weight excluding hydrogens is 326 g/mol. The third-order valence-corrected chi connectivity index (χ3v) is 4.46. The van der Waals surface area contributed by atoms with Crippen LogP contribution in [0.4, 0.5) is 0 Å². The van der Waals surface area contributed by atoms with Gasteiger partial charge in [-0.3, -0.25) is 9.59 Å². The monoisotopic (exact) mass is 351 g/mol. The first kappa shape index (κ1) is 19.4. The predicted molar refractivity (Wildman–Crippen MR) is 104 cm³/mol. The van der Waals surface area contributed by atoms with Crippen LogP contribution in [0.25, 0.3) is 6.08 Å². The van der Waals surface area contributed by atoms with Crippen molar-refractivity contribution >= 4 is 18.0 Å². The number of nitrogens with zero attached hydrogens (tertiary/aromatic N) is 1. The highest BCUT2D eigenvalue weighted by molar-refractivity contribution is 5.92. The molecule has 0 saturated heterocycles. The SMILES string of the molecule is CC(=O)Oc1cc(C)c(C)c(C)c1/C=C\C(=O)N(C)Cc1ccccc1. The van der Waals surface area contributed by atoms with E-state index in [4.69, 9.17) is 4.74 Å². The molecule has 0 saturated carbocycles. The molecule has 4 heteroatoms. The fourth-order valence-electron chi connectivity index (χ4n) is 2.73. The summed E-state index contributed by atoms with van der Waals surface area (Å²) in [6.45, 7) is 7.86. The summed E-state index contributed by atoms with van der Waals surface area (Å²) < 4.78 is 5.34. The van der Waals surface area contributed by atoms with E-state index in [2.05, 4.69) is 0 Å². The molecule has 0 aliphatic heterocycles. The van der Waals surface area contributed by atoms with Crippen LogP contribution in [0.1, 0.15) is 34.7 Å². The minimum Gasteiger partial charge on any atom is -0.426 e. The summed E-state index contributed by atoms with van der Waals surface area (Å²) in [6.07, 6.45) is 3.25. The number of likely N-dealkylation sites (N-methyl/N-ethyl adjacent to an activating group) is 1. The molecule has 136 valence electrons. The summed E-state index contributed by atoms with van der Waals surface area (Å²) in [6, 6.07) is 11.7. The lowest BCUT2D eigenvalue weighted by molar-refractivity contribution is -0.132. The molecule has 2 aromatic rings. The van der Waals surface area contributed by atoms with E-state index >= 15 is 0 Å². The number of aryl methyl sites for hydroxylation is 1. The van der Waals surface area contributed by atoms with E-state index in [1.54, 1.807) is 18.0 Å². The van der Waals surface area contributed by atoms with Gasteiger partial charge in [-0.25, -0.2) is 0 Å². The Balaban J connectivity index is 2.24. The molecule has 0 atom stereocenters. The zero-order chi connectivity index (χ0) is 19.3. The van der Waals surface area contributed by atoms with Gasteiger partial charge in [0, 0.05) is 32.2 Å². The van der Waals surface area contributed by atoms with Crippen molar-refractivity contribution in [3.8, 4) is 5.75 Å². The smallest absolute Gasteiger partial charge is 0.308 e. The van der Waals surface area contributed by atoms with Crippen LogP contribution in [0.5, 0.6) is 5.75 Å². The maximum Gasteiger partial charge on any atom is 0.308 e. The van der Waals surface area contributed by atoms with Crippen LogP contribution < -0.4 is 4.74 Å². The lowest BCUT2D eigenvalue weighted by atomic mass is 9.97. The van der Waals surface area contributed by atoms with Crippen LogP contribution >= 0.6 is 0 Å². The van der Waals surface area contributed by atoms with Gasteiger partial charge in [0.2, 0.25) is 5.91 Å². The largest absolute Gasteiger partial charge is 0.426 e. The maximum atomic E-state index is 12.4. The molecule has 0 spiro atoms. The Morgan fingerprint density at radius 2 is 1.73 bits per heavy atom. The summed E-state index contributed by atoms with van der Waals surface area (Å²) in [7, 11) is 1.76. The van der Waals surface area contributed by atoms with Gasteiger partial charge in [-0.15, -0.1) is 0 Å². The highest BCUT2D eigenvalue weighted by atomic mass is 16.5. The minimum absolute atomic E-state index is 0.111. The molecular formula is C22H25NO3. The molecule has 0 heterocycles. The van der Waals surface area contributed by atoms with Crippen molar-refractivity contribution in [1.82, 2.24) is 4.90 Å². The van der Waals surface area contributed by atoms with Gasteiger partial charge in [-0.05, 0) is 55.2 Å². The second-order valence-corrected chi connectivity index (χ2v) is 6.46. The zero-order valence-corrected chi connectivity index (χ0v) is 16.0. The Hall–Kier alpha value is -2.88. The second kappa shape index (κ2) is 8.48. The van der Waals surface area contributed by atoms with Gasteiger partial charge in [-0.2, -0.15) is 0 Å². The third kappa shape index (κ3) is 4.82. The highest BCUT2D eigenvalue weighted by Gasteiger charge is 2.13. The van der Waals surface area contributed by atoms with Crippen LogP contribution in [-0.2, 0) is 16.1 Å². The van der Waals surface area contributed by atoms with Crippen molar-refractivity contribution < 1.29 is 14.3 Å². The highest BCUT2D eigenvalue weighted by Crippen LogP contribution is 2.29. The van der Waals surface area contributed by atoms with E-state index in [1.165, 1.54) is 13.0 Å². The molecule has 0 aliphatic carbocycles. The van der Waals surface area contributed by atoms with Gasteiger partial charge in [0.05, 0.1) is 0 Å². The molecule has 0 radical (unpaired) electrons. The van der Waals surface area contributed by atoms with Crippen molar-refractivity contribution in [3.63, 3.8) is 0 Å². The van der Waals surface area contributed by atoms with Crippen molar-refractivity contribution in [2.75, 3.05) is 7.05 Å². The molecule has 0 bridgehead atoms. The molecule has 0 aliphatic rings. The summed E-state index contributed by atoms with van der Waals surface area (Å²) in [5.41, 5.74) is 4.98. The van der Waals surface area contributed by atoms with E-state index < -0.39 is 0 Å². The van der Waals surface area contributed by atoms with Crippen molar-refractivity contribution in [2.24, 2.45) is 0 Å². The van der Waals surface area contributed by atoms with Crippen LogP contribution in [0.3, 0.4) is 0 Å². The summed E-state index contributed by atoms with van der Waals surface area (Å²) in [5.74, 6) is -0.0112. The normalized spacial score (nSPS) is 10.8. The number of carbonyl (C=O) groups is 2. The maximum absolute atomic E-state index is 12.4. The number of hydrogen-bond acceptors (Lipinski definition) is 3. The molecule has 2 aromatic carbocycles. The van der Waals surface area contributed by atoms with E-state index in [1.807, 2.05) is 57.2 Å². The fourth-order valence-corrected chi connectivity index (χ4v) is 2.73. The topological polar surface area (TPSA) is 46.6 Å². The van der Waals surface area contributed by atoms with E-state index in [0.717, 1.165) is 27.8 Å². The van der Waals surface area contributed by atoms with E-state index in [-0.39, 0.29) is 11.9 Å². The van der Waals surface area contributed by atoms with Crippen LogP contribution in [0.2, 0.25) is 0 Å². The first-order valence-electron chi connectivity index (χ1n) is 8.56. The first-order valence-corrected chi connectivity index (χ1v) is 8.56. The molecule has 2 rings (SSSR count). The lowest BCUT2D eigenvalue weighted by Gasteiger charge is -2.16. The molecule has 0 fully saturated rings. The summed E-state index contributed by atoms with van der Waals surface area (Å²) in [5, 5.41) is 0. The van der Waals surface area contributed by atoms with Crippen LogP contribution in [0, 0.1) is 20.8 Å².